The third-order valence-corrected chi connectivity index (χ3v) is 9.85. The molecule has 0 heterocycles. The topological polar surface area (TPSA) is 52.9 Å². The molecule has 0 aliphatic heterocycles. The van der Waals surface area contributed by atoms with Gasteiger partial charge in [0.15, 0.2) is 0 Å². The van der Waals surface area contributed by atoms with Crippen LogP contribution in [0.1, 0.15) is 128 Å². The van der Waals surface area contributed by atoms with E-state index in [9.17, 15) is 0 Å². The molecule has 0 aliphatic rings. The van der Waals surface area contributed by atoms with E-state index in [1.54, 1.807) is 0 Å². The molecule has 322 valence electrons. The Morgan fingerprint density at radius 1 is 0.397 bits per heavy atom. The van der Waals surface area contributed by atoms with Crippen molar-refractivity contribution < 1.29 is 59.0 Å². The molecule has 4 rings (SSSR count). The standard InChI is InChI=1S/2C25H33N2.2ClH.2Cu/c2*1-7-20-13-11-14-21(8-2)24(20)26-18(5)17-19(6)27-25-22(9-3)15-12-16-23(25)10-4;;;;/h2*11-17H,7-10H2,1-6H3;2*1H;;/q2*-1;;;2*+2/p-2/b2*18-17-,27-19?;;;;. The van der Waals surface area contributed by atoms with E-state index in [0.29, 0.717) is 0 Å². The van der Waals surface area contributed by atoms with E-state index in [-0.39, 0.29) is 59.0 Å². The second-order valence-electron chi connectivity index (χ2n) is 13.8. The van der Waals surface area contributed by atoms with Crippen LogP contribution in [0.3, 0.4) is 0 Å². The number of nitrogens with zero attached hydrogens (tertiary/aromatic N) is 4. The quantitative estimate of drug-likeness (QED) is 0.0796. The molecule has 0 aliphatic carbocycles. The summed E-state index contributed by atoms with van der Waals surface area (Å²) in [4.78, 5) is 9.90. The van der Waals surface area contributed by atoms with Gasteiger partial charge in [0.2, 0.25) is 0 Å². The zero-order valence-electron chi connectivity index (χ0n) is 36.9. The van der Waals surface area contributed by atoms with E-state index in [0.717, 1.165) is 96.9 Å². The Kier molecular flexibility index (Phi) is 29.5. The molecule has 4 nitrogen and oxygen atoms in total. The Hall–Kier alpha value is -3.08. The Balaban J connectivity index is 0. The van der Waals surface area contributed by atoms with Gasteiger partial charge in [0.1, 0.15) is 0 Å². The number of rotatable bonds is 16. The molecule has 0 unspecified atom stereocenters. The smallest absolute Gasteiger partial charge is 1.00 e. The van der Waals surface area contributed by atoms with Gasteiger partial charge in [-0.3, -0.25) is 9.98 Å². The fourth-order valence-corrected chi connectivity index (χ4v) is 6.87. The van der Waals surface area contributed by atoms with Gasteiger partial charge in [-0.25, -0.2) is 0 Å². The van der Waals surface area contributed by atoms with Gasteiger partial charge in [0, 0.05) is 11.4 Å². The summed E-state index contributed by atoms with van der Waals surface area (Å²) in [6.07, 6.45) is 12.2. The maximum Gasteiger partial charge on any atom is 2.00 e. The van der Waals surface area contributed by atoms with Gasteiger partial charge in [-0.15, -0.1) is 11.4 Å². The molecule has 0 atom stereocenters. The number of allylic oxidation sites excluding steroid dienone is 4. The number of hydrogen-bond donors (Lipinski definition) is 0. The first-order valence-corrected chi connectivity index (χ1v) is 20.4. The molecule has 0 amide bonds. The van der Waals surface area contributed by atoms with Crippen LogP contribution >= 0.6 is 0 Å². The van der Waals surface area contributed by atoms with Crippen LogP contribution in [-0.4, -0.2) is 11.4 Å². The molecule has 0 fully saturated rings. The van der Waals surface area contributed by atoms with Crippen molar-refractivity contribution in [1.29, 1.82) is 0 Å². The molecule has 0 spiro atoms. The van der Waals surface area contributed by atoms with Gasteiger partial charge in [-0.05, 0) is 87.5 Å². The maximum absolute atomic E-state index is 4.95. The summed E-state index contributed by atoms with van der Waals surface area (Å²) in [7, 11) is 0. The van der Waals surface area contributed by atoms with Gasteiger partial charge in [-0.1, -0.05) is 176 Å². The van der Waals surface area contributed by atoms with E-state index in [1.165, 1.54) is 44.5 Å². The summed E-state index contributed by atoms with van der Waals surface area (Å²) in [5.41, 5.74) is 19.0. The van der Waals surface area contributed by atoms with E-state index in [2.05, 4.69) is 168 Å². The Bertz CT molecular complexity index is 1730. The monoisotopic (exact) mass is 918 g/mol. The van der Waals surface area contributed by atoms with Crippen molar-refractivity contribution in [2.24, 2.45) is 9.98 Å². The van der Waals surface area contributed by atoms with Crippen LogP contribution in [0.5, 0.6) is 0 Å². The second-order valence-corrected chi connectivity index (χ2v) is 13.8. The number of aliphatic imine (C=N–C) groups is 2. The van der Waals surface area contributed by atoms with Crippen molar-refractivity contribution in [3.05, 3.63) is 151 Å². The zero-order valence-corrected chi connectivity index (χ0v) is 40.3. The first kappa shape index (κ1) is 57.0. The fraction of sp³-hybridized carbons (Fsp3) is 0.400. The molecular formula is C50H66Cl2Cu2N4. The van der Waals surface area contributed by atoms with E-state index < -0.39 is 0 Å². The van der Waals surface area contributed by atoms with Crippen molar-refractivity contribution >= 4 is 34.2 Å². The van der Waals surface area contributed by atoms with Crippen molar-refractivity contribution in [1.82, 2.24) is 0 Å². The predicted octanol–water partition coefficient (Wildman–Crippen LogP) is 9.28. The third kappa shape index (κ3) is 16.5. The van der Waals surface area contributed by atoms with Crippen molar-refractivity contribution in [2.45, 2.75) is 134 Å². The molecule has 4 aromatic carbocycles. The maximum atomic E-state index is 4.95. The molecule has 0 saturated carbocycles. The molecule has 58 heavy (non-hydrogen) atoms. The summed E-state index contributed by atoms with van der Waals surface area (Å²) in [5, 5.41) is 9.90. The fourth-order valence-electron chi connectivity index (χ4n) is 6.87. The van der Waals surface area contributed by atoms with Crippen LogP contribution in [0.4, 0.5) is 22.7 Å². The van der Waals surface area contributed by atoms with Gasteiger partial charge in [0.25, 0.3) is 0 Å². The molecule has 0 saturated heterocycles. The Morgan fingerprint density at radius 3 is 0.810 bits per heavy atom. The molecule has 4 aromatic rings. The summed E-state index contributed by atoms with van der Waals surface area (Å²) in [5.74, 6) is 0. The van der Waals surface area contributed by atoms with Crippen LogP contribution in [-0.2, 0) is 85.5 Å². The summed E-state index contributed by atoms with van der Waals surface area (Å²) in [6, 6.07) is 26.0. The zero-order chi connectivity index (χ0) is 39.6. The molecular weight excluding hydrogens is 855 g/mol. The normalized spacial score (nSPS) is 11.5. The van der Waals surface area contributed by atoms with Crippen LogP contribution in [0.2, 0.25) is 0 Å². The van der Waals surface area contributed by atoms with Crippen molar-refractivity contribution in [3.63, 3.8) is 0 Å². The first-order chi connectivity index (χ1) is 26.1. The minimum absolute atomic E-state index is 0. The molecule has 8 heteroatoms. The van der Waals surface area contributed by atoms with E-state index in [1.807, 2.05) is 0 Å². The van der Waals surface area contributed by atoms with Crippen LogP contribution < -0.4 is 24.8 Å². The van der Waals surface area contributed by atoms with Gasteiger partial charge >= 0.3 is 34.1 Å². The van der Waals surface area contributed by atoms with Crippen molar-refractivity contribution in [3.8, 4) is 0 Å². The number of aryl methyl sites for hydroxylation is 8. The number of halogens is 2. The molecule has 0 aromatic heterocycles. The summed E-state index contributed by atoms with van der Waals surface area (Å²) < 4.78 is 0. The minimum atomic E-state index is 0. The average molecular weight is 921 g/mol. The van der Waals surface area contributed by atoms with Crippen LogP contribution in [0.15, 0.2) is 106 Å². The molecule has 0 bridgehead atoms. The number of hydrogen-bond acceptors (Lipinski definition) is 2. The SMILES string of the molecule is CCc1cccc(CC)c1N=C(C)/C=C(/C)[N-]c1c(CC)cccc1CC.CCc1cccc(CC)c1N=C(C)/C=C(/C)[N-]c1c(CC)cccc1CC.[Cl-].[Cl-].[Cu+2].[Cu+2]. The molecule has 2 radical (unpaired) electrons. The first-order valence-electron chi connectivity index (χ1n) is 20.4. The van der Waals surface area contributed by atoms with Gasteiger partial charge < -0.3 is 35.4 Å². The average Bonchev–Trinajstić information content (AvgIpc) is 3.18. The number of benzene rings is 4. The van der Waals surface area contributed by atoms with E-state index >= 15 is 0 Å². The third-order valence-electron chi connectivity index (χ3n) is 9.85. The Morgan fingerprint density at radius 2 is 0.603 bits per heavy atom. The molecule has 0 N–H and O–H groups in total. The minimum Gasteiger partial charge on any atom is -1.00 e. The van der Waals surface area contributed by atoms with Gasteiger partial charge in [0.05, 0.1) is 11.4 Å². The predicted molar refractivity (Wildman–Crippen MR) is 240 cm³/mol. The summed E-state index contributed by atoms with van der Waals surface area (Å²) in [6.45, 7) is 25.8. The summed E-state index contributed by atoms with van der Waals surface area (Å²) >= 11 is 0. The largest absolute Gasteiger partial charge is 2.00 e. The van der Waals surface area contributed by atoms with Gasteiger partial charge in [-0.2, -0.15) is 11.4 Å². The van der Waals surface area contributed by atoms with Crippen LogP contribution in [0.25, 0.3) is 10.6 Å². The van der Waals surface area contributed by atoms with E-state index in [4.69, 9.17) is 20.6 Å². The second kappa shape index (κ2) is 30.0. The Labute approximate surface area is 386 Å². The number of para-hydroxylation sites is 4. The van der Waals surface area contributed by atoms with Crippen molar-refractivity contribution in [2.75, 3.05) is 0 Å². The van der Waals surface area contributed by atoms with Crippen LogP contribution in [0, 0.1) is 0 Å².